The van der Waals surface area contributed by atoms with Crippen molar-refractivity contribution in [1.82, 2.24) is 20.4 Å². The van der Waals surface area contributed by atoms with Crippen LogP contribution in [0.5, 0.6) is 0 Å². The van der Waals surface area contributed by atoms with Gasteiger partial charge in [-0.3, -0.25) is 25.4 Å². The Hall–Kier alpha value is -3.11. The molecule has 0 fully saturated rings. The first-order valence-electron chi connectivity index (χ1n) is 8.70. The number of carbonyl (C=O) groups excluding carboxylic acids is 2. The summed E-state index contributed by atoms with van der Waals surface area (Å²) in [5.74, 6) is -1.69. The standard InChI is InChI=1S/C19H14Cl2F3N5O2/c1-9(16-12(20)6-11(8-26-16)19(22,23)24)17(30)10-5-13(25-7-10)18(31)29-28-15-4-2-3-14(21)27-15/h2-9,25H,1H3,(H,27,28)(H,29,31)/t9-/m0/s1. The third-order valence-electron chi connectivity index (χ3n) is 4.23. The molecule has 31 heavy (non-hydrogen) atoms. The molecule has 1 amide bonds. The average Bonchev–Trinajstić information content (AvgIpc) is 3.20. The summed E-state index contributed by atoms with van der Waals surface area (Å²) in [6.07, 6.45) is -2.67. The number of carbonyl (C=O) groups is 2. The van der Waals surface area contributed by atoms with Gasteiger partial charge in [0.15, 0.2) is 5.78 Å². The highest BCUT2D eigenvalue weighted by molar-refractivity contribution is 6.31. The molecule has 12 heteroatoms. The number of hydrazine groups is 1. The summed E-state index contributed by atoms with van der Waals surface area (Å²) >= 11 is 11.7. The molecule has 0 bridgehead atoms. The van der Waals surface area contributed by atoms with Crippen LogP contribution in [0.25, 0.3) is 0 Å². The second-order valence-corrected chi connectivity index (χ2v) is 7.20. The van der Waals surface area contributed by atoms with E-state index in [0.717, 1.165) is 6.07 Å². The quantitative estimate of drug-likeness (QED) is 0.270. The molecule has 0 unspecified atom stereocenters. The topological polar surface area (TPSA) is 99.8 Å². The Kier molecular flexibility index (Phi) is 6.51. The molecule has 0 aliphatic heterocycles. The Bertz CT molecular complexity index is 1130. The van der Waals surface area contributed by atoms with Crippen molar-refractivity contribution in [3.63, 3.8) is 0 Å². The number of H-pyrrole nitrogens is 1. The highest BCUT2D eigenvalue weighted by Crippen LogP contribution is 2.33. The third kappa shape index (κ3) is 5.33. The van der Waals surface area contributed by atoms with Crippen molar-refractivity contribution in [1.29, 1.82) is 0 Å². The van der Waals surface area contributed by atoms with E-state index in [9.17, 15) is 22.8 Å². The van der Waals surface area contributed by atoms with E-state index in [1.54, 1.807) is 18.2 Å². The number of aromatic amines is 1. The van der Waals surface area contributed by atoms with Crippen LogP contribution in [-0.2, 0) is 6.18 Å². The number of anilines is 1. The third-order valence-corrected chi connectivity index (χ3v) is 4.75. The summed E-state index contributed by atoms with van der Waals surface area (Å²) in [5, 5.41) is -0.0427. The van der Waals surface area contributed by atoms with Gasteiger partial charge < -0.3 is 4.98 Å². The summed E-state index contributed by atoms with van der Waals surface area (Å²) in [5.41, 5.74) is 4.16. The zero-order valence-corrected chi connectivity index (χ0v) is 17.2. The minimum Gasteiger partial charge on any atom is -0.356 e. The molecule has 0 spiro atoms. The largest absolute Gasteiger partial charge is 0.417 e. The monoisotopic (exact) mass is 471 g/mol. The number of nitrogens with zero attached hydrogens (tertiary/aromatic N) is 2. The van der Waals surface area contributed by atoms with Crippen LogP contribution >= 0.6 is 23.2 Å². The number of halogens is 5. The van der Waals surface area contributed by atoms with Gasteiger partial charge in [-0.1, -0.05) is 29.3 Å². The molecule has 0 radical (unpaired) electrons. The van der Waals surface area contributed by atoms with Crippen molar-refractivity contribution in [3.05, 3.63) is 75.4 Å². The normalized spacial score (nSPS) is 12.3. The lowest BCUT2D eigenvalue weighted by atomic mass is 9.97. The molecule has 0 aromatic carbocycles. The Morgan fingerprint density at radius 1 is 1.19 bits per heavy atom. The summed E-state index contributed by atoms with van der Waals surface area (Å²) in [6.45, 7) is 1.46. The van der Waals surface area contributed by atoms with Crippen molar-refractivity contribution in [3.8, 4) is 0 Å². The van der Waals surface area contributed by atoms with Gasteiger partial charge in [0.2, 0.25) is 0 Å². The molecular formula is C19H14Cl2F3N5O2. The molecule has 3 aromatic heterocycles. The van der Waals surface area contributed by atoms with E-state index in [0.29, 0.717) is 12.0 Å². The molecule has 3 heterocycles. The van der Waals surface area contributed by atoms with E-state index in [1.807, 2.05) is 0 Å². The molecule has 0 saturated carbocycles. The minimum atomic E-state index is -4.60. The number of alkyl halides is 3. The van der Waals surface area contributed by atoms with Crippen molar-refractivity contribution >= 4 is 40.7 Å². The molecule has 7 nitrogen and oxygen atoms in total. The Morgan fingerprint density at radius 3 is 2.58 bits per heavy atom. The molecule has 1 atom stereocenters. The fourth-order valence-corrected chi connectivity index (χ4v) is 3.12. The lowest BCUT2D eigenvalue weighted by molar-refractivity contribution is -0.137. The maximum atomic E-state index is 12.8. The molecule has 0 aliphatic carbocycles. The number of pyridine rings is 2. The van der Waals surface area contributed by atoms with Gasteiger partial charge in [-0.25, -0.2) is 4.98 Å². The summed E-state index contributed by atoms with van der Waals surface area (Å²) in [7, 11) is 0. The first kappa shape index (κ1) is 22.6. The van der Waals surface area contributed by atoms with Crippen molar-refractivity contribution in [2.75, 3.05) is 5.43 Å². The molecule has 3 rings (SSSR count). The van der Waals surface area contributed by atoms with Gasteiger partial charge in [0.25, 0.3) is 5.91 Å². The fraction of sp³-hybridized carbons (Fsp3) is 0.158. The summed E-state index contributed by atoms with van der Waals surface area (Å²) in [4.78, 5) is 35.3. The van der Waals surface area contributed by atoms with Crippen molar-refractivity contribution < 1.29 is 22.8 Å². The van der Waals surface area contributed by atoms with Crippen LogP contribution < -0.4 is 10.9 Å². The molecule has 3 N–H and O–H groups in total. The van der Waals surface area contributed by atoms with Crippen LogP contribution in [0.3, 0.4) is 0 Å². The van der Waals surface area contributed by atoms with E-state index < -0.39 is 29.3 Å². The zero-order valence-electron chi connectivity index (χ0n) is 15.7. The average molecular weight is 472 g/mol. The molecular weight excluding hydrogens is 458 g/mol. The van der Waals surface area contributed by atoms with E-state index in [1.165, 1.54) is 19.2 Å². The van der Waals surface area contributed by atoms with Gasteiger partial charge in [-0.05, 0) is 31.2 Å². The Labute approximate surface area is 184 Å². The maximum Gasteiger partial charge on any atom is 0.417 e. The summed E-state index contributed by atoms with van der Waals surface area (Å²) < 4.78 is 38.3. The van der Waals surface area contributed by atoms with Crippen LogP contribution in [0.15, 0.2) is 42.7 Å². The van der Waals surface area contributed by atoms with E-state index in [-0.39, 0.29) is 27.1 Å². The predicted octanol–water partition coefficient (Wildman–Crippen LogP) is 4.87. The molecule has 3 aromatic rings. The lowest BCUT2D eigenvalue weighted by Gasteiger charge is -2.13. The Balaban J connectivity index is 1.70. The number of Topliss-reactive ketones (excluding diaryl/α,β-unsaturated/α-hetero) is 1. The number of hydrogen-bond donors (Lipinski definition) is 3. The highest BCUT2D eigenvalue weighted by atomic mass is 35.5. The number of amides is 1. The maximum absolute atomic E-state index is 12.8. The first-order chi connectivity index (χ1) is 14.6. The molecule has 0 aliphatic rings. The number of aromatic nitrogens is 3. The number of rotatable bonds is 6. The highest BCUT2D eigenvalue weighted by Gasteiger charge is 2.32. The van der Waals surface area contributed by atoms with E-state index >= 15 is 0 Å². The first-order valence-corrected chi connectivity index (χ1v) is 9.46. The van der Waals surface area contributed by atoms with Gasteiger partial charge in [0.1, 0.15) is 16.7 Å². The SMILES string of the molecule is C[C@H](C(=O)c1c[nH]c(C(=O)NNc2cccc(Cl)n2)c1)c1ncc(C(F)(F)F)cc1Cl. The van der Waals surface area contributed by atoms with Crippen molar-refractivity contribution in [2.45, 2.75) is 19.0 Å². The number of hydrogen-bond acceptors (Lipinski definition) is 5. The van der Waals surface area contributed by atoms with Crippen LogP contribution in [-0.4, -0.2) is 26.6 Å². The van der Waals surface area contributed by atoms with E-state index in [2.05, 4.69) is 25.8 Å². The number of nitrogens with one attached hydrogen (secondary N) is 3. The van der Waals surface area contributed by atoms with Gasteiger partial charge in [-0.15, -0.1) is 0 Å². The molecule has 0 saturated heterocycles. The van der Waals surface area contributed by atoms with Crippen LogP contribution in [0, 0.1) is 0 Å². The zero-order chi connectivity index (χ0) is 22.8. The van der Waals surface area contributed by atoms with Crippen molar-refractivity contribution in [2.24, 2.45) is 0 Å². The second kappa shape index (κ2) is 8.94. The van der Waals surface area contributed by atoms with Gasteiger partial charge in [0, 0.05) is 18.0 Å². The van der Waals surface area contributed by atoms with Crippen LogP contribution in [0.1, 0.15) is 44.9 Å². The van der Waals surface area contributed by atoms with Gasteiger partial charge >= 0.3 is 6.18 Å². The van der Waals surface area contributed by atoms with Crippen LogP contribution in [0.2, 0.25) is 10.2 Å². The van der Waals surface area contributed by atoms with Crippen LogP contribution in [0.4, 0.5) is 19.0 Å². The summed E-state index contributed by atoms with van der Waals surface area (Å²) in [6, 6.07) is 6.81. The van der Waals surface area contributed by atoms with E-state index in [4.69, 9.17) is 23.2 Å². The predicted molar refractivity (Wildman–Crippen MR) is 108 cm³/mol. The fourth-order valence-electron chi connectivity index (χ4n) is 2.63. The minimum absolute atomic E-state index is 0.000524. The van der Waals surface area contributed by atoms with Gasteiger partial charge in [-0.2, -0.15) is 13.2 Å². The van der Waals surface area contributed by atoms with Gasteiger partial charge in [0.05, 0.1) is 22.2 Å². The molecule has 162 valence electrons. The lowest BCUT2D eigenvalue weighted by Crippen LogP contribution is -2.30. The second-order valence-electron chi connectivity index (χ2n) is 6.40. The smallest absolute Gasteiger partial charge is 0.356 e. The number of ketones is 1. The Morgan fingerprint density at radius 2 is 1.94 bits per heavy atom.